The summed E-state index contributed by atoms with van der Waals surface area (Å²) in [5.41, 5.74) is 1.65. The van der Waals surface area contributed by atoms with E-state index in [0.717, 1.165) is 5.56 Å². The second kappa shape index (κ2) is 8.24. The van der Waals surface area contributed by atoms with E-state index < -0.39 is 11.9 Å². The van der Waals surface area contributed by atoms with Gasteiger partial charge < -0.3 is 9.73 Å². The quantitative estimate of drug-likeness (QED) is 0.502. The summed E-state index contributed by atoms with van der Waals surface area (Å²) in [7, 11) is 0. The van der Waals surface area contributed by atoms with Crippen LogP contribution >= 0.6 is 11.6 Å². The molecule has 7 heteroatoms. The van der Waals surface area contributed by atoms with Gasteiger partial charge in [-0.1, -0.05) is 54.1 Å². The molecule has 1 heterocycles. The van der Waals surface area contributed by atoms with Crippen LogP contribution in [0.5, 0.6) is 0 Å². The summed E-state index contributed by atoms with van der Waals surface area (Å²) in [5, 5.41) is 11.3. The third-order valence-electron chi connectivity index (χ3n) is 4.31. The molecule has 0 bridgehead atoms. The van der Waals surface area contributed by atoms with Crippen molar-refractivity contribution >= 4 is 17.5 Å². The average molecular weight is 408 g/mol. The first-order chi connectivity index (χ1) is 14.1. The smallest absolute Gasteiger partial charge is 0.253 e. The van der Waals surface area contributed by atoms with Crippen LogP contribution in [0.15, 0.2) is 83.3 Å². The van der Waals surface area contributed by atoms with E-state index in [1.807, 2.05) is 30.3 Å². The number of carbonyl (C=O) groups is 1. The largest absolute Gasteiger partial charge is 0.418 e. The number of aromatic nitrogens is 2. The van der Waals surface area contributed by atoms with Gasteiger partial charge >= 0.3 is 0 Å². The van der Waals surface area contributed by atoms with E-state index in [1.54, 1.807) is 36.4 Å². The maximum atomic E-state index is 13.4. The normalized spacial score (nSPS) is 11.8. The van der Waals surface area contributed by atoms with E-state index >= 15 is 0 Å². The van der Waals surface area contributed by atoms with E-state index in [9.17, 15) is 9.18 Å². The Morgan fingerprint density at radius 3 is 2.34 bits per heavy atom. The number of carbonyl (C=O) groups excluding carboxylic acids is 1. The van der Waals surface area contributed by atoms with Gasteiger partial charge in [0.2, 0.25) is 11.8 Å². The summed E-state index contributed by atoms with van der Waals surface area (Å²) < 4.78 is 19.2. The molecule has 0 saturated carbocycles. The Hall–Kier alpha value is -3.51. The van der Waals surface area contributed by atoms with Crippen LogP contribution in [0.4, 0.5) is 4.39 Å². The number of hydrogen-bond acceptors (Lipinski definition) is 4. The first kappa shape index (κ1) is 18.8. The molecule has 1 atom stereocenters. The lowest BCUT2D eigenvalue weighted by Crippen LogP contribution is -2.29. The van der Waals surface area contributed by atoms with E-state index in [2.05, 4.69) is 15.5 Å². The molecule has 0 aliphatic rings. The molecule has 0 aliphatic carbocycles. The highest BCUT2D eigenvalue weighted by Gasteiger charge is 2.25. The first-order valence-corrected chi connectivity index (χ1v) is 9.19. The summed E-state index contributed by atoms with van der Waals surface area (Å²) in [6, 6.07) is 20.9. The van der Waals surface area contributed by atoms with Gasteiger partial charge in [-0.05, 0) is 42.0 Å². The molecular weight excluding hydrogens is 393 g/mol. The van der Waals surface area contributed by atoms with Crippen LogP contribution in [-0.4, -0.2) is 16.1 Å². The van der Waals surface area contributed by atoms with Gasteiger partial charge in [0, 0.05) is 5.56 Å². The Balaban J connectivity index is 1.70. The van der Waals surface area contributed by atoms with Gasteiger partial charge in [-0.15, -0.1) is 10.2 Å². The van der Waals surface area contributed by atoms with Crippen LogP contribution < -0.4 is 5.32 Å². The first-order valence-electron chi connectivity index (χ1n) is 8.81. The number of nitrogens with one attached hydrogen (secondary N) is 1. The SMILES string of the molecule is O=C(N[C@H](c1ccc(F)cc1)c1nnc(-c2ccccc2)o1)c1ccccc1Cl. The molecule has 0 unspecified atom stereocenters. The van der Waals surface area contributed by atoms with Gasteiger partial charge in [0.25, 0.3) is 5.91 Å². The second-order valence-electron chi connectivity index (χ2n) is 6.25. The topological polar surface area (TPSA) is 68.0 Å². The van der Waals surface area contributed by atoms with E-state index in [4.69, 9.17) is 16.0 Å². The minimum absolute atomic E-state index is 0.177. The fraction of sp³-hybridized carbons (Fsp3) is 0.0455. The fourth-order valence-corrected chi connectivity index (χ4v) is 3.07. The third kappa shape index (κ3) is 4.17. The predicted octanol–water partition coefficient (Wildman–Crippen LogP) is 5.05. The molecule has 0 spiro atoms. The van der Waals surface area contributed by atoms with Crippen molar-refractivity contribution in [3.63, 3.8) is 0 Å². The Labute approximate surface area is 171 Å². The van der Waals surface area contributed by atoms with E-state index in [0.29, 0.717) is 22.0 Å². The van der Waals surface area contributed by atoms with Crippen molar-refractivity contribution in [2.45, 2.75) is 6.04 Å². The van der Waals surface area contributed by atoms with Gasteiger partial charge in [-0.25, -0.2) is 4.39 Å². The standard InChI is InChI=1S/C22H15ClFN3O2/c23-18-9-5-4-8-17(18)20(28)25-19(14-10-12-16(24)13-11-14)22-27-26-21(29-22)15-6-2-1-3-7-15/h1-13,19H,(H,25,28)/t19-/m1/s1. The van der Waals surface area contributed by atoms with Crippen molar-refractivity contribution < 1.29 is 13.6 Å². The summed E-state index contributed by atoms with van der Waals surface area (Å²) in [6.07, 6.45) is 0. The third-order valence-corrected chi connectivity index (χ3v) is 4.64. The van der Waals surface area contributed by atoms with Crippen LogP contribution in [-0.2, 0) is 0 Å². The number of halogens is 2. The Kier molecular flexibility index (Phi) is 5.35. The Morgan fingerprint density at radius 2 is 1.62 bits per heavy atom. The maximum absolute atomic E-state index is 13.4. The van der Waals surface area contributed by atoms with Crippen molar-refractivity contribution in [2.24, 2.45) is 0 Å². The summed E-state index contributed by atoms with van der Waals surface area (Å²) in [5.74, 6) is -0.305. The lowest BCUT2D eigenvalue weighted by molar-refractivity contribution is 0.0938. The highest BCUT2D eigenvalue weighted by Crippen LogP contribution is 2.26. The average Bonchev–Trinajstić information content (AvgIpc) is 3.23. The number of amides is 1. The van der Waals surface area contributed by atoms with E-state index in [-0.39, 0.29) is 11.7 Å². The van der Waals surface area contributed by atoms with Gasteiger partial charge in [0.15, 0.2) is 0 Å². The molecule has 1 aromatic heterocycles. The van der Waals surface area contributed by atoms with Crippen LogP contribution in [0.2, 0.25) is 5.02 Å². The van der Waals surface area contributed by atoms with Gasteiger partial charge in [-0.2, -0.15) is 0 Å². The molecule has 29 heavy (non-hydrogen) atoms. The number of benzene rings is 3. The van der Waals surface area contributed by atoms with Crippen molar-refractivity contribution in [2.75, 3.05) is 0 Å². The molecule has 3 aromatic carbocycles. The Bertz CT molecular complexity index is 1130. The highest BCUT2D eigenvalue weighted by molar-refractivity contribution is 6.33. The zero-order valence-electron chi connectivity index (χ0n) is 15.0. The van der Waals surface area contributed by atoms with Crippen LogP contribution in [0.1, 0.15) is 27.9 Å². The van der Waals surface area contributed by atoms with Gasteiger partial charge in [0.1, 0.15) is 11.9 Å². The molecule has 0 aliphatic heterocycles. The van der Waals surface area contributed by atoms with Crippen molar-refractivity contribution in [1.82, 2.24) is 15.5 Å². The molecule has 1 N–H and O–H groups in total. The lowest BCUT2D eigenvalue weighted by Gasteiger charge is -2.16. The zero-order chi connectivity index (χ0) is 20.2. The van der Waals surface area contributed by atoms with Crippen molar-refractivity contribution in [1.29, 1.82) is 0 Å². The molecule has 4 rings (SSSR count). The molecule has 0 radical (unpaired) electrons. The molecule has 0 fully saturated rings. The van der Waals surface area contributed by atoms with Crippen LogP contribution in [0, 0.1) is 5.82 Å². The minimum Gasteiger partial charge on any atom is -0.418 e. The summed E-state index contributed by atoms with van der Waals surface area (Å²) in [6.45, 7) is 0. The van der Waals surface area contributed by atoms with Crippen LogP contribution in [0.3, 0.4) is 0 Å². The molecule has 1 amide bonds. The molecule has 144 valence electrons. The minimum atomic E-state index is -0.774. The number of hydrogen-bond donors (Lipinski definition) is 1. The van der Waals surface area contributed by atoms with Gasteiger partial charge in [-0.3, -0.25) is 4.79 Å². The number of nitrogens with zero attached hydrogens (tertiary/aromatic N) is 2. The molecular formula is C22H15ClFN3O2. The van der Waals surface area contributed by atoms with E-state index in [1.165, 1.54) is 12.1 Å². The molecule has 0 saturated heterocycles. The van der Waals surface area contributed by atoms with Crippen LogP contribution in [0.25, 0.3) is 11.5 Å². The summed E-state index contributed by atoms with van der Waals surface area (Å²) >= 11 is 6.14. The maximum Gasteiger partial charge on any atom is 0.253 e. The monoisotopic (exact) mass is 407 g/mol. The zero-order valence-corrected chi connectivity index (χ0v) is 15.8. The predicted molar refractivity (Wildman–Crippen MR) is 107 cm³/mol. The van der Waals surface area contributed by atoms with Crippen molar-refractivity contribution in [3.05, 3.63) is 107 Å². The summed E-state index contributed by atoms with van der Waals surface area (Å²) in [4.78, 5) is 12.8. The Morgan fingerprint density at radius 1 is 0.931 bits per heavy atom. The highest BCUT2D eigenvalue weighted by atomic mass is 35.5. The van der Waals surface area contributed by atoms with Gasteiger partial charge in [0.05, 0.1) is 10.6 Å². The molecule has 4 aromatic rings. The lowest BCUT2D eigenvalue weighted by atomic mass is 10.1. The molecule has 5 nitrogen and oxygen atoms in total. The fourth-order valence-electron chi connectivity index (χ4n) is 2.85. The number of rotatable bonds is 5. The second-order valence-corrected chi connectivity index (χ2v) is 6.66. The van der Waals surface area contributed by atoms with Crippen molar-refractivity contribution in [3.8, 4) is 11.5 Å².